The summed E-state index contributed by atoms with van der Waals surface area (Å²) in [6.07, 6.45) is -4.26. The summed E-state index contributed by atoms with van der Waals surface area (Å²) in [6, 6.07) is 2.22. The Bertz CT molecular complexity index is 1370. The number of aromatic nitrogens is 2. The molecule has 1 aromatic carbocycles. The Morgan fingerprint density at radius 1 is 1.08 bits per heavy atom. The maximum Gasteiger partial charge on any atom is 0.433 e. The van der Waals surface area contributed by atoms with E-state index < -0.39 is 69.0 Å². The van der Waals surface area contributed by atoms with Crippen LogP contribution in [0.5, 0.6) is 23.0 Å². The molecule has 2 heterocycles. The van der Waals surface area contributed by atoms with E-state index >= 15 is 0 Å². The molecule has 0 saturated heterocycles. The third-order valence-electron chi connectivity index (χ3n) is 4.89. The van der Waals surface area contributed by atoms with E-state index in [0.717, 1.165) is 13.2 Å². The van der Waals surface area contributed by atoms with Crippen LogP contribution in [0.3, 0.4) is 0 Å². The largest absolute Gasteiger partial charge is 0.491 e. The number of aryl methyl sites for hydroxylation is 1. The number of alkyl halides is 3. The SMILES string of the molecule is CCOC(=O)c1c(-c2cc(C(F)(F)F)ncc2Oc2ccc(F)c(F)c2OC)[nH]c(C)c(OC)c1=O. The first-order valence-corrected chi connectivity index (χ1v) is 10.2. The van der Waals surface area contributed by atoms with E-state index in [4.69, 9.17) is 18.9 Å². The fourth-order valence-corrected chi connectivity index (χ4v) is 3.33. The van der Waals surface area contributed by atoms with E-state index in [1.54, 1.807) is 0 Å². The van der Waals surface area contributed by atoms with Crippen molar-refractivity contribution in [2.45, 2.75) is 20.0 Å². The molecule has 0 atom stereocenters. The number of benzene rings is 1. The van der Waals surface area contributed by atoms with Gasteiger partial charge in [0.25, 0.3) is 0 Å². The molecule has 0 radical (unpaired) electrons. The number of H-pyrrole nitrogens is 1. The molecular weight excluding hydrogens is 495 g/mol. The molecular formula is C23H19F5N2O6. The minimum atomic E-state index is -4.92. The van der Waals surface area contributed by atoms with Crippen LogP contribution < -0.4 is 19.6 Å². The molecule has 0 saturated carbocycles. The van der Waals surface area contributed by atoms with Gasteiger partial charge >= 0.3 is 12.1 Å². The minimum absolute atomic E-state index is 0.0762. The summed E-state index contributed by atoms with van der Waals surface area (Å²) in [4.78, 5) is 31.7. The maximum atomic E-state index is 14.2. The molecule has 0 aliphatic heterocycles. The summed E-state index contributed by atoms with van der Waals surface area (Å²) in [5, 5.41) is 0. The van der Waals surface area contributed by atoms with Crippen molar-refractivity contribution in [2.24, 2.45) is 0 Å². The third-order valence-corrected chi connectivity index (χ3v) is 4.89. The monoisotopic (exact) mass is 514 g/mol. The van der Waals surface area contributed by atoms with Crippen LogP contribution in [0.4, 0.5) is 22.0 Å². The van der Waals surface area contributed by atoms with Crippen LogP contribution in [-0.2, 0) is 10.9 Å². The van der Waals surface area contributed by atoms with E-state index in [1.165, 1.54) is 21.0 Å². The zero-order valence-corrected chi connectivity index (χ0v) is 19.3. The zero-order chi connectivity index (χ0) is 26.8. The van der Waals surface area contributed by atoms with Gasteiger partial charge in [-0.05, 0) is 32.0 Å². The van der Waals surface area contributed by atoms with E-state index in [2.05, 4.69) is 9.97 Å². The fraction of sp³-hybridized carbons (Fsp3) is 0.261. The molecule has 36 heavy (non-hydrogen) atoms. The van der Waals surface area contributed by atoms with Crippen molar-refractivity contribution in [3.63, 3.8) is 0 Å². The van der Waals surface area contributed by atoms with Crippen LogP contribution in [-0.4, -0.2) is 36.8 Å². The average molecular weight is 514 g/mol. The van der Waals surface area contributed by atoms with Crippen LogP contribution in [0, 0.1) is 18.6 Å². The number of halogens is 5. The number of pyridine rings is 2. The minimum Gasteiger partial charge on any atom is -0.491 e. The number of carbonyl (C=O) groups is 1. The first kappa shape index (κ1) is 26.4. The quantitative estimate of drug-likeness (QED) is 0.349. The standard InChI is InChI=1S/C23H19F5N2O6/c1-5-35-22(32)16-18(30-10(2)20(33-3)19(16)31)11-8-15(23(26,27)28)29-9-14(11)36-13-7-6-12(24)17(25)21(13)34-4/h6-9H,5H2,1-4H3,(H,30,31). The number of rotatable bonds is 7. The van der Waals surface area contributed by atoms with Crippen LogP contribution in [0.2, 0.25) is 0 Å². The Morgan fingerprint density at radius 3 is 2.33 bits per heavy atom. The summed E-state index contributed by atoms with van der Waals surface area (Å²) < 4.78 is 88.7. The maximum absolute atomic E-state index is 14.2. The van der Waals surface area contributed by atoms with Gasteiger partial charge in [-0.1, -0.05) is 0 Å². The highest BCUT2D eigenvalue weighted by molar-refractivity contribution is 5.97. The Labute approximate surface area is 200 Å². The topological polar surface area (TPSA) is 99.7 Å². The molecule has 0 fully saturated rings. The summed E-state index contributed by atoms with van der Waals surface area (Å²) in [5.74, 6) is -5.61. The number of nitrogens with one attached hydrogen (secondary N) is 1. The average Bonchev–Trinajstić information content (AvgIpc) is 2.81. The molecule has 0 bridgehead atoms. The molecule has 13 heteroatoms. The molecule has 2 aromatic heterocycles. The highest BCUT2D eigenvalue weighted by Gasteiger charge is 2.35. The van der Waals surface area contributed by atoms with Crippen LogP contribution in [0.15, 0.2) is 29.2 Å². The van der Waals surface area contributed by atoms with Crippen molar-refractivity contribution in [2.75, 3.05) is 20.8 Å². The van der Waals surface area contributed by atoms with E-state index in [9.17, 15) is 31.5 Å². The van der Waals surface area contributed by atoms with Gasteiger partial charge in [0.15, 0.2) is 23.1 Å². The van der Waals surface area contributed by atoms with Gasteiger partial charge in [-0.2, -0.15) is 17.6 Å². The van der Waals surface area contributed by atoms with Crippen LogP contribution in [0.1, 0.15) is 28.7 Å². The Balaban J connectivity index is 2.36. The molecule has 0 amide bonds. The van der Waals surface area contributed by atoms with Gasteiger partial charge in [-0.25, -0.2) is 14.2 Å². The predicted octanol–water partition coefficient (Wildman–Crippen LogP) is 5.03. The number of hydrogen-bond acceptors (Lipinski definition) is 7. The molecule has 0 aliphatic carbocycles. The van der Waals surface area contributed by atoms with Crippen molar-refractivity contribution >= 4 is 5.97 Å². The first-order valence-electron chi connectivity index (χ1n) is 10.2. The fourth-order valence-electron chi connectivity index (χ4n) is 3.33. The summed E-state index contributed by atoms with van der Waals surface area (Å²) >= 11 is 0. The van der Waals surface area contributed by atoms with Gasteiger partial charge in [0.2, 0.25) is 17.0 Å². The second-order valence-electron chi connectivity index (χ2n) is 7.14. The smallest absolute Gasteiger partial charge is 0.433 e. The lowest BCUT2D eigenvalue weighted by molar-refractivity contribution is -0.141. The second-order valence-corrected chi connectivity index (χ2v) is 7.14. The highest BCUT2D eigenvalue weighted by atomic mass is 19.4. The highest BCUT2D eigenvalue weighted by Crippen LogP contribution is 2.41. The van der Waals surface area contributed by atoms with Gasteiger partial charge < -0.3 is 23.9 Å². The lowest BCUT2D eigenvalue weighted by Gasteiger charge is -2.18. The third kappa shape index (κ3) is 4.95. The number of aromatic amines is 1. The normalized spacial score (nSPS) is 11.2. The predicted molar refractivity (Wildman–Crippen MR) is 116 cm³/mol. The Kier molecular flexibility index (Phi) is 7.51. The molecule has 8 nitrogen and oxygen atoms in total. The van der Waals surface area contributed by atoms with Crippen LogP contribution in [0.25, 0.3) is 11.3 Å². The van der Waals surface area contributed by atoms with Crippen molar-refractivity contribution < 1.29 is 45.7 Å². The Morgan fingerprint density at radius 2 is 1.75 bits per heavy atom. The molecule has 0 unspecified atom stereocenters. The molecule has 0 aliphatic rings. The van der Waals surface area contributed by atoms with Crippen molar-refractivity contribution in [3.05, 3.63) is 63.2 Å². The summed E-state index contributed by atoms with van der Waals surface area (Å²) in [7, 11) is 2.20. The number of hydrogen-bond donors (Lipinski definition) is 1. The van der Waals surface area contributed by atoms with Crippen molar-refractivity contribution in [1.29, 1.82) is 0 Å². The summed E-state index contributed by atoms with van der Waals surface area (Å²) in [5.41, 5.74) is -3.78. The number of methoxy groups -OCH3 is 2. The van der Waals surface area contributed by atoms with Gasteiger partial charge in [0, 0.05) is 5.56 Å². The number of nitrogens with zero attached hydrogens (tertiary/aromatic N) is 1. The molecule has 3 aromatic rings. The zero-order valence-electron chi connectivity index (χ0n) is 19.3. The van der Waals surface area contributed by atoms with E-state index in [1.807, 2.05) is 0 Å². The van der Waals surface area contributed by atoms with Gasteiger partial charge in [0.05, 0.1) is 38.4 Å². The first-order chi connectivity index (χ1) is 16.9. The van der Waals surface area contributed by atoms with Gasteiger partial charge in [-0.15, -0.1) is 0 Å². The van der Waals surface area contributed by atoms with Crippen molar-refractivity contribution in [1.82, 2.24) is 9.97 Å². The molecule has 192 valence electrons. The number of carbonyl (C=O) groups excluding carboxylic acids is 1. The lowest BCUT2D eigenvalue weighted by atomic mass is 10.0. The van der Waals surface area contributed by atoms with E-state index in [-0.39, 0.29) is 18.1 Å². The second kappa shape index (κ2) is 10.2. The number of ether oxygens (including phenoxy) is 4. The molecule has 0 spiro atoms. The molecule has 3 rings (SSSR count). The lowest BCUT2D eigenvalue weighted by Crippen LogP contribution is -2.23. The molecule has 1 N–H and O–H groups in total. The van der Waals surface area contributed by atoms with Gasteiger partial charge in [-0.3, -0.25) is 4.79 Å². The Hall–Kier alpha value is -4.16. The van der Waals surface area contributed by atoms with Crippen LogP contribution >= 0.6 is 0 Å². The van der Waals surface area contributed by atoms with E-state index in [0.29, 0.717) is 18.3 Å². The van der Waals surface area contributed by atoms with Crippen molar-refractivity contribution in [3.8, 4) is 34.3 Å². The number of esters is 1. The summed E-state index contributed by atoms with van der Waals surface area (Å²) in [6.45, 7) is 2.71. The van der Waals surface area contributed by atoms with Gasteiger partial charge in [0.1, 0.15) is 11.3 Å².